The highest BCUT2D eigenvalue weighted by Gasteiger charge is 2.00. The molecule has 2 amide bonds. The summed E-state index contributed by atoms with van der Waals surface area (Å²) in [5, 5.41) is 6.08. The highest BCUT2D eigenvalue weighted by atomic mass is 16.2. The summed E-state index contributed by atoms with van der Waals surface area (Å²) in [6, 6.07) is 0.0271. The summed E-state index contributed by atoms with van der Waals surface area (Å²) in [6.45, 7) is 6.22. The first kappa shape index (κ1) is 43.0. The topological polar surface area (TPSA) is 41.1 Å². The molecule has 44 heavy (non-hydrogen) atoms. The van der Waals surface area contributed by atoms with E-state index in [0.717, 1.165) is 25.9 Å². The number of allylic oxidation sites excluding steroid dienone is 2. The Balaban J connectivity index is 3.17. The predicted octanol–water partition coefficient (Wildman–Crippen LogP) is 14.1. The first-order valence-corrected chi connectivity index (χ1v) is 20.5. The summed E-state index contributed by atoms with van der Waals surface area (Å²) in [6.07, 6.45) is 51.4. The number of carbonyl (C=O) groups excluding carboxylic acids is 1. The number of amides is 2. The van der Waals surface area contributed by atoms with Gasteiger partial charge in [0.2, 0.25) is 0 Å². The Morgan fingerprint density at radius 3 is 0.841 bits per heavy atom. The minimum Gasteiger partial charge on any atom is -0.338 e. The summed E-state index contributed by atoms with van der Waals surface area (Å²) in [7, 11) is 0. The van der Waals surface area contributed by atoms with E-state index in [2.05, 4.69) is 36.6 Å². The van der Waals surface area contributed by atoms with Gasteiger partial charge < -0.3 is 10.6 Å². The van der Waals surface area contributed by atoms with E-state index in [1.54, 1.807) is 0 Å². The summed E-state index contributed by atoms with van der Waals surface area (Å²) in [5.74, 6) is 0. The first-order valence-electron chi connectivity index (χ1n) is 20.5. The lowest BCUT2D eigenvalue weighted by Gasteiger charge is -2.08. The predicted molar refractivity (Wildman–Crippen MR) is 199 cm³/mol. The van der Waals surface area contributed by atoms with E-state index in [1.165, 1.54) is 205 Å². The second kappa shape index (κ2) is 40.0. The molecule has 0 aromatic heterocycles. The Bertz CT molecular complexity index is 561. The van der Waals surface area contributed by atoms with Crippen molar-refractivity contribution in [2.75, 3.05) is 13.1 Å². The molecule has 0 bridgehead atoms. The van der Waals surface area contributed by atoms with Crippen molar-refractivity contribution in [1.29, 1.82) is 0 Å². The van der Waals surface area contributed by atoms with Gasteiger partial charge in [0.25, 0.3) is 0 Å². The molecule has 0 heterocycles. The second-order valence-electron chi connectivity index (χ2n) is 13.8. The maximum absolute atomic E-state index is 12.0. The van der Waals surface area contributed by atoms with E-state index in [-0.39, 0.29) is 6.03 Å². The van der Waals surface area contributed by atoms with Crippen LogP contribution in [0.5, 0.6) is 0 Å². The summed E-state index contributed by atoms with van der Waals surface area (Å²) in [5.41, 5.74) is 0. The number of urea groups is 1. The molecule has 0 rings (SSSR count). The van der Waals surface area contributed by atoms with Crippen molar-refractivity contribution in [3.63, 3.8) is 0 Å². The number of hydrogen-bond acceptors (Lipinski definition) is 1. The third kappa shape index (κ3) is 39.0. The highest BCUT2D eigenvalue weighted by molar-refractivity contribution is 5.73. The molecule has 0 saturated carbocycles. The van der Waals surface area contributed by atoms with E-state index in [0.29, 0.717) is 0 Å². The van der Waals surface area contributed by atoms with Gasteiger partial charge in [0, 0.05) is 13.1 Å². The average molecular weight is 619 g/mol. The lowest BCUT2D eigenvalue weighted by molar-refractivity contribution is 0.240. The van der Waals surface area contributed by atoms with Crippen LogP contribution in [0.2, 0.25) is 0 Å². The molecule has 0 aliphatic carbocycles. The molecule has 2 N–H and O–H groups in total. The molecular formula is C41H82N2O. The van der Waals surface area contributed by atoms with Crippen LogP contribution in [0.25, 0.3) is 0 Å². The largest absolute Gasteiger partial charge is 0.338 e. The lowest BCUT2D eigenvalue weighted by atomic mass is 10.0. The van der Waals surface area contributed by atoms with E-state index in [1.807, 2.05) is 0 Å². The van der Waals surface area contributed by atoms with E-state index in [9.17, 15) is 4.79 Å². The van der Waals surface area contributed by atoms with Crippen molar-refractivity contribution in [3.8, 4) is 0 Å². The number of nitrogens with one attached hydrogen (secondary N) is 2. The quantitative estimate of drug-likeness (QED) is 0.0528. The first-order chi connectivity index (χ1) is 21.8. The second-order valence-corrected chi connectivity index (χ2v) is 13.8. The minimum absolute atomic E-state index is 0.0271. The molecule has 0 fully saturated rings. The van der Waals surface area contributed by atoms with Crippen molar-refractivity contribution >= 4 is 6.03 Å². The molecule has 0 spiro atoms. The Kier molecular flexibility index (Phi) is 39.1. The van der Waals surface area contributed by atoms with E-state index < -0.39 is 0 Å². The fourth-order valence-electron chi connectivity index (χ4n) is 6.22. The van der Waals surface area contributed by atoms with Crippen molar-refractivity contribution in [2.45, 2.75) is 232 Å². The monoisotopic (exact) mass is 619 g/mol. The lowest BCUT2D eigenvalue weighted by Crippen LogP contribution is -2.36. The van der Waals surface area contributed by atoms with Gasteiger partial charge in [-0.2, -0.15) is 0 Å². The van der Waals surface area contributed by atoms with Crippen LogP contribution in [-0.4, -0.2) is 19.1 Å². The molecule has 0 aromatic rings. The smallest absolute Gasteiger partial charge is 0.314 e. The average Bonchev–Trinajstić information content (AvgIpc) is 3.03. The Hall–Kier alpha value is -0.990. The van der Waals surface area contributed by atoms with Gasteiger partial charge in [0.05, 0.1) is 0 Å². The van der Waals surface area contributed by atoms with Crippen LogP contribution in [0.3, 0.4) is 0 Å². The zero-order chi connectivity index (χ0) is 31.9. The van der Waals surface area contributed by atoms with Crippen molar-refractivity contribution in [1.82, 2.24) is 10.6 Å². The molecular weight excluding hydrogens is 536 g/mol. The number of hydrogen-bond donors (Lipinski definition) is 2. The third-order valence-electron chi connectivity index (χ3n) is 9.29. The van der Waals surface area contributed by atoms with Gasteiger partial charge in [-0.15, -0.1) is 0 Å². The maximum Gasteiger partial charge on any atom is 0.314 e. The number of rotatable bonds is 37. The van der Waals surface area contributed by atoms with Crippen LogP contribution in [0, 0.1) is 0 Å². The zero-order valence-electron chi connectivity index (χ0n) is 30.5. The number of unbranched alkanes of at least 4 members (excludes halogenated alkanes) is 31. The van der Waals surface area contributed by atoms with Gasteiger partial charge in [-0.05, 0) is 38.5 Å². The minimum atomic E-state index is 0.0271. The van der Waals surface area contributed by atoms with E-state index >= 15 is 0 Å². The fourth-order valence-corrected chi connectivity index (χ4v) is 6.22. The zero-order valence-corrected chi connectivity index (χ0v) is 30.5. The molecule has 0 unspecified atom stereocenters. The summed E-state index contributed by atoms with van der Waals surface area (Å²) >= 11 is 0. The Morgan fingerprint density at radius 1 is 0.341 bits per heavy atom. The van der Waals surface area contributed by atoms with Crippen molar-refractivity contribution in [3.05, 3.63) is 12.2 Å². The van der Waals surface area contributed by atoms with Crippen LogP contribution in [0.1, 0.15) is 232 Å². The molecule has 0 saturated heterocycles. The van der Waals surface area contributed by atoms with Crippen LogP contribution < -0.4 is 10.6 Å². The molecule has 0 aromatic carbocycles. The molecule has 0 radical (unpaired) electrons. The molecule has 3 nitrogen and oxygen atoms in total. The van der Waals surface area contributed by atoms with Gasteiger partial charge in [0.1, 0.15) is 0 Å². The maximum atomic E-state index is 12.0. The molecule has 3 heteroatoms. The van der Waals surface area contributed by atoms with Crippen molar-refractivity contribution < 1.29 is 4.79 Å². The summed E-state index contributed by atoms with van der Waals surface area (Å²) < 4.78 is 0. The Labute approximate surface area is 278 Å². The SMILES string of the molecule is CCCCCCCCC=CCCCCCCCCCCCCNC(=O)NCCCCCCCCCCCCCCCCCC. The summed E-state index contributed by atoms with van der Waals surface area (Å²) in [4.78, 5) is 12.0. The molecule has 0 atom stereocenters. The molecule has 0 aliphatic heterocycles. The van der Waals surface area contributed by atoms with Gasteiger partial charge in [0.15, 0.2) is 0 Å². The Morgan fingerprint density at radius 2 is 0.568 bits per heavy atom. The fraction of sp³-hybridized carbons (Fsp3) is 0.927. The van der Waals surface area contributed by atoms with Gasteiger partial charge in [-0.25, -0.2) is 4.79 Å². The van der Waals surface area contributed by atoms with Crippen LogP contribution in [0.15, 0.2) is 12.2 Å². The van der Waals surface area contributed by atoms with E-state index in [4.69, 9.17) is 0 Å². The highest BCUT2D eigenvalue weighted by Crippen LogP contribution is 2.14. The van der Waals surface area contributed by atoms with Crippen molar-refractivity contribution in [2.24, 2.45) is 0 Å². The van der Waals surface area contributed by atoms with Gasteiger partial charge >= 0.3 is 6.03 Å². The standard InChI is InChI=1S/C41H82N2O/c1-3-5-7-9-11-13-15-17-19-21-22-23-24-26-28-30-32-34-36-38-40-43-41(44)42-39-37-35-33-31-29-27-25-20-18-16-14-12-10-8-6-4-2/h17,19H,3-16,18,20-40H2,1-2H3,(H2,42,43,44). The van der Waals surface area contributed by atoms with Crippen LogP contribution in [0.4, 0.5) is 4.79 Å². The van der Waals surface area contributed by atoms with Gasteiger partial charge in [-0.1, -0.05) is 206 Å². The number of carbonyl (C=O) groups is 1. The van der Waals surface area contributed by atoms with Gasteiger partial charge in [-0.3, -0.25) is 0 Å². The van der Waals surface area contributed by atoms with Crippen LogP contribution in [-0.2, 0) is 0 Å². The molecule has 262 valence electrons. The molecule has 0 aliphatic rings. The van der Waals surface area contributed by atoms with Crippen LogP contribution >= 0.6 is 0 Å². The third-order valence-corrected chi connectivity index (χ3v) is 9.29. The normalized spacial score (nSPS) is 11.5.